The zero-order valence-electron chi connectivity index (χ0n) is 19.7. The van der Waals surface area contributed by atoms with Crippen molar-refractivity contribution in [1.29, 1.82) is 0 Å². The van der Waals surface area contributed by atoms with Gasteiger partial charge in [-0.05, 0) is 67.1 Å². The Morgan fingerprint density at radius 2 is 2.03 bits per heavy atom. The lowest BCUT2D eigenvalue weighted by molar-refractivity contribution is -0.128. The summed E-state index contributed by atoms with van der Waals surface area (Å²) in [6.07, 6.45) is 3.80. The third kappa shape index (κ3) is 6.27. The highest BCUT2D eigenvalue weighted by Crippen LogP contribution is 2.33. The minimum Gasteiger partial charge on any atom is -0.493 e. The highest BCUT2D eigenvalue weighted by atomic mass is 16.5. The van der Waals surface area contributed by atoms with Crippen molar-refractivity contribution >= 4 is 24.8 Å². The fourth-order valence-corrected chi connectivity index (χ4v) is 4.45. The molecule has 0 bridgehead atoms. The molecule has 0 atom stereocenters. The summed E-state index contributed by atoms with van der Waals surface area (Å²) in [5.41, 5.74) is 5.99. The van der Waals surface area contributed by atoms with Gasteiger partial charge in [0.15, 0.2) is 0 Å². The smallest absolute Gasteiger partial charge is 0.251 e. The van der Waals surface area contributed by atoms with E-state index in [1.165, 1.54) is 0 Å². The highest BCUT2D eigenvalue weighted by Gasteiger charge is 2.35. The van der Waals surface area contributed by atoms with E-state index in [2.05, 4.69) is 35.3 Å². The molecule has 5 nitrogen and oxygen atoms in total. The van der Waals surface area contributed by atoms with Gasteiger partial charge in [0.2, 0.25) is 0 Å². The van der Waals surface area contributed by atoms with Gasteiger partial charge in [-0.3, -0.25) is 4.79 Å². The molecule has 0 spiro atoms. The van der Waals surface area contributed by atoms with Gasteiger partial charge in [0, 0.05) is 44.8 Å². The van der Waals surface area contributed by atoms with E-state index < -0.39 is 0 Å². The minimum atomic E-state index is 0.131. The van der Waals surface area contributed by atoms with Gasteiger partial charge < -0.3 is 19.7 Å². The van der Waals surface area contributed by atoms with E-state index in [1.807, 2.05) is 24.3 Å². The Labute approximate surface area is 198 Å². The Balaban J connectivity index is 1.56. The molecule has 1 amide bonds. The standard InChI is InChI=1S/C27H33BN2O3/c1-19-13-20(15-24(14-19)33-12-4-11-32-2)18-30(23-7-8-23)27(31)26-17-29-10-9-25(26)21-5-3-6-22(28)16-21/h3,5-6,13-16,23,29H,4,7-12,17-18H2,1-2H3. The van der Waals surface area contributed by atoms with E-state index >= 15 is 0 Å². The molecule has 1 fully saturated rings. The number of hydrogen-bond donors (Lipinski definition) is 1. The van der Waals surface area contributed by atoms with Crippen molar-refractivity contribution in [2.75, 3.05) is 33.4 Å². The molecule has 1 aliphatic carbocycles. The van der Waals surface area contributed by atoms with Crippen molar-refractivity contribution < 1.29 is 14.3 Å². The number of nitrogens with zero attached hydrogens (tertiary/aromatic N) is 1. The van der Waals surface area contributed by atoms with Crippen LogP contribution in [0.15, 0.2) is 48.0 Å². The lowest BCUT2D eigenvalue weighted by Gasteiger charge is -2.28. The summed E-state index contributed by atoms with van der Waals surface area (Å²) in [4.78, 5) is 15.9. The number of carbonyl (C=O) groups excluding carboxylic acids is 1. The summed E-state index contributed by atoms with van der Waals surface area (Å²) in [5.74, 6) is 0.981. The number of amides is 1. The van der Waals surface area contributed by atoms with E-state index in [1.54, 1.807) is 7.11 Å². The first-order chi connectivity index (χ1) is 16.0. The van der Waals surface area contributed by atoms with Crippen LogP contribution in [0.2, 0.25) is 0 Å². The van der Waals surface area contributed by atoms with Crippen LogP contribution in [0.4, 0.5) is 0 Å². The maximum atomic E-state index is 13.8. The minimum absolute atomic E-state index is 0.131. The molecule has 1 heterocycles. The van der Waals surface area contributed by atoms with Gasteiger partial charge in [0.25, 0.3) is 5.91 Å². The van der Waals surface area contributed by atoms with E-state index in [0.29, 0.717) is 32.3 Å². The first-order valence-corrected chi connectivity index (χ1v) is 11.9. The van der Waals surface area contributed by atoms with Crippen molar-refractivity contribution in [1.82, 2.24) is 10.2 Å². The maximum absolute atomic E-state index is 13.8. The fraction of sp³-hybridized carbons (Fsp3) is 0.444. The Hall–Kier alpha value is -2.57. The average Bonchev–Trinajstić information content (AvgIpc) is 3.65. The molecule has 33 heavy (non-hydrogen) atoms. The van der Waals surface area contributed by atoms with Crippen molar-refractivity contribution in [2.45, 2.75) is 45.2 Å². The molecule has 2 aromatic carbocycles. The lowest BCUT2D eigenvalue weighted by Crippen LogP contribution is -2.39. The Morgan fingerprint density at radius 1 is 1.18 bits per heavy atom. The summed E-state index contributed by atoms with van der Waals surface area (Å²) in [5, 5.41) is 3.39. The summed E-state index contributed by atoms with van der Waals surface area (Å²) < 4.78 is 11.0. The second-order valence-electron chi connectivity index (χ2n) is 9.02. The van der Waals surface area contributed by atoms with Crippen molar-refractivity contribution in [2.24, 2.45) is 0 Å². The normalized spacial score (nSPS) is 16.1. The number of aryl methyl sites for hydroxylation is 1. The Morgan fingerprint density at radius 3 is 2.79 bits per heavy atom. The van der Waals surface area contributed by atoms with Crippen LogP contribution in [0.1, 0.15) is 42.4 Å². The van der Waals surface area contributed by atoms with Crippen LogP contribution < -0.4 is 15.5 Å². The Bertz CT molecular complexity index is 1020. The molecule has 1 saturated carbocycles. The molecule has 2 aliphatic rings. The molecule has 6 heteroatoms. The van der Waals surface area contributed by atoms with Crippen LogP contribution >= 0.6 is 0 Å². The predicted molar refractivity (Wildman–Crippen MR) is 133 cm³/mol. The summed E-state index contributed by atoms with van der Waals surface area (Å²) in [6.45, 7) is 5.42. The van der Waals surface area contributed by atoms with Crippen molar-refractivity contribution in [3.05, 3.63) is 64.7 Å². The molecular formula is C27H33BN2O3. The zero-order chi connectivity index (χ0) is 23.2. The van der Waals surface area contributed by atoms with Gasteiger partial charge in [0.05, 0.1) is 6.61 Å². The third-order valence-corrected chi connectivity index (χ3v) is 6.18. The first kappa shape index (κ1) is 23.6. The van der Waals surface area contributed by atoms with Crippen LogP contribution in [-0.4, -0.2) is 58.1 Å². The summed E-state index contributed by atoms with van der Waals surface area (Å²) in [7, 11) is 7.73. The Kier molecular flexibility index (Phi) is 7.89. The summed E-state index contributed by atoms with van der Waals surface area (Å²) in [6, 6.07) is 14.4. The number of nitrogens with one attached hydrogen (secondary N) is 1. The second-order valence-corrected chi connectivity index (χ2v) is 9.02. The number of carbonyl (C=O) groups is 1. The maximum Gasteiger partial charge on any atom is 0.251 e. The fourth-order valence-electron chi connectivity index (χ4n) is 4.45. The van der Waals surface area contributed by atoms with Crippen LogP contribution in [0, 0.1) is 6.92 Å². The molecule has 0 aromatic heterocycles. The zero-order valence-corrected chi connectivity index (χ0v) is 19.7. The predicted octanol–water partition coefficient (Wildman–Crippen LogP) is 3.14. The molecule has 0 saturated heterocycles. The second kappa shape index (κ2) is 11.0. The molecule has 2 aromatic rings. The number of ether oxygens (including phenoxy) is 2. The average molecular weight is 444 g/mol. The van der Waals surface area contributed by atoms with E-state index in [9.17, 15) is 4.79 Å². The van der Waals surface area contributed by atoms with Gasteiger partial charge in [-0.2, -0.15) is 0 Å². The largest absolute Gasteiger partial charge is 0.493 e. The lowest BCUT2D eigenvalue weighted by atomic mass is 9.88. The molecule has 172 valence electrons. The number of hydrogen-bond acceptors (Lipinski definition) is 4. The number of methoxy groups -OCH3 is 1. The molecular weight excluding hydrogens is 411 g/mol. The highest BCUT2D eigenvalue weighted by molar-refractivity contribution is 6.32. The monoisotopic (exact) mass is 444 g/mol. The number of rotatable bonds is 10. The van der Waals surface area contributed by atoms with Gasteiger partial charge in [-0.1, -0.05) is 35.8 Å². The van der Waals surface area contributed by atoms with Crippen LogP contribution in [0.5, 0.6) is 5.75 Å². The van der Waals surface area contributed by atoms with Crippen LogP contribution in [0.3, 0.4) is 0 Å². The third-order valence-electron chi connectivity index (χ3n) is 6.18. The molecule has 1 N–H and O–H groups in total. The van der Waals surface area contributed by atoms with Gasteiger partial charge in [0.1, 0.15) is 13.6 Å². The molecule has 2 radical (unpaired) electrons. The van der Waals surface area contributed by atoms with Crippen molar-refractivity contribution in [3.63, 3.8) is 0 Å². The topological polar surface area (TPSA) is 50.8 Å². The molecule has 4 rings (SSSR count). The van der Waals surface area contributed by atoms with E-state index in [4.69, 9.17) is 17.3 Å². The first-order valence-electron chi connectivity index (χ1n) is 11.9. The van der Waals surface area contributed by atoms with Gasteiger partial charge in [-0.15, -0.1) is 0 Å². The van der Waals surface area contributed by atoms with Crippen molar-refractivity contribution in [3.8, 4) is 5.75 Å². The summed E-state index contributed by atoms with van der Waals surface area (Å²) >= 11 is 0. The number of benzene rings is 2. The van der Waals surface area contributed by atoms with Crippen LogP contribution in [-0.2, 0) is 16.1 Å². The SMILES string of the molecule is [B]c1cccc(C2=C(C(=O)N(Cc3cc(C)cc(OCCCOC)c3)C3CC3)CNCC2)c1. The molecule has 0 unspecified atom stereocenters. The van der Waals surface area contributed by atoms with Gasteiger partial charge in [-0.25, -0.2) is 0 Å². The molecule has 1 aliphatic heterocycles. The van der Waals surface area contributed by atoms with E-state index in [-0.39, 0.29) is 5.91 Å². The van der Waals surface area contributed by atoms with E-state index in [0.717, 1.165) is 71.3 Å². The van der Waals surface area contributed by atoms with Crippen LogP contribution in [0.25, 0.3) is 5.57 Å². The van der Waals surface area contributed by atoms with Gasteiger partial charge >= 0.3 is 0 Å². The quantitative estimate of drug-likeness (QED) is 0.452.